The number of nitrogens with zero attached hydrogens (tertiary/aromatic N) is 1. The van der Waals surface area contributed by atoms with Crippen LogP contribution in [0, 0.1) is 11.8 Å². The molecule has 0 bridgehead atoms. The number of nitrogens with two attached hydrogens (primary N) is 1. The summed E-state index contributed by atoms with van der Waals surface area (Å²) in [6, 6.07) is -0.106. The number of hydrogen-bond donors (Lipinski definition) is 2. The Kier molecular flexibility index (Phi) is 4.93. The molecule has 2 rings (SSSR count). The van der Waals surface area contributed by atoms with Crippen molar-refractivity contribution in [3.63, 3.8) is 0 Å². The first-order valence-electron chi connectivity index (χ1n) is 7.05. The van der Waals surface area contributed by atoms with E-state index in [4.69, 9.17) is 5.73 Å². The first-order valence-corrected chi connectivity index (χ1v) is 7.93. The third-order valence-electron chi connectivity index (χ3n) is 3.74. The van der Waals surface area contributed by atoms with Crippen LogP contribution in [0.25, 0.3) is 0 Å². The van der Waals surface area contributed by atoms with Crippen molar-refractivity contribution in [2.45, 2.75) is 45.6 Å². The Labute approximate surface area is 118 Å². The van der Waals surface area contributed by atoms with Crippen LogP contribution in [-0.2, 0) is 0 Å². The van der Waals surface area contributed by atoms with Gasteiger partial charge in [-0.2, -0.15) is 0 Å². The first kappa shape index (κ1) is 14.5. The minimum atomic E-state index is -0.106. The molecule has 3 N–H and O–H groups in total. The molecule has 106 valence electrons. The van der Waals surface area contributed by atoms with Gasteiger partial charge in [0.25, 0.3) is 5.91 Å². The van der Waals surface area contributed by atoms with Crippen LogP contribution in [-0.4, -0.2) is 17.4 Å². The van der Waals surface area contributed by atoms with Crippen LogP contribution >= 0.6 is 11.3 Å². The second kappa shape index (κ2) is 6.48. The first-order chi connectivity index (χ1) is 9.06. The van der Waals surface area contributed by atoms with Gasteiger partial charge in [-0.3, -0.25) is 4.79 Å². The van der Waals surface area contributed by atoms with Gasteiger partial charge in [0, 0.05) is 11.9 Å². The highest BCUT2D eigenvalue weighted by atomic mass is 32.1. The van der Waals surface area contributed by atoms with Gasteiger partial charge >= 0.3 is 0 Å². The Hall–Kier alpha value is -0.940. The maximum absolute atomic E-state index is 12.0. The second-order valence-electron chi connectivity index (χ2n) is 5.71. The molecule has 0 aromatic carbocycles. The number of nitrogens with one attached hydrogen (secondary N) is 1. The van der Waals surface area contributed by atoms with Crippen LogP contribution in [0.2, 0.25) is 0 Å². The van der Waals surface area contributed by atoms with Gasteiger partial charge in [-0.05, 0) is 31.6 Å². The molecule has 1 aliphatic rings. The van der Waals surface area contributed by atoms with Gasteiger partial charge in [0.15, 0.2) is 0 Å². The van der Waals surface area contributed by atoms with E-state index in [1.54, 1.807) is 5.38 Å². The standard InChI is InChI=1S/C14H23N3OS/c1-9-4-3-5-11(6-9)7-16-13(18)12-8-19-14(17-12)10(2)15/h8-11H,3-7,15H2,1-2H3,(H,16,18). The van der Waals surface area contributed by atoms with E-state index < -0.39 is 0 Å². The fourth-order valence-corrected chi connectivity index (χ4v) is 3.43. The number of rotatable bonds is 4. The molecule has 0 radical (unpaired) electrons. The van der Waals surface area contributed by atoms with E-state index in [1.807, 2.05) is 6.92 Å². The maximum atomic E-state index is 12.0. The summed E-state index contributed by atoms with van der Waals surface area (Å²) >= 11 is 1.45. The van der Waals surface area contributed by atoms with Crippen LogP contribution in [0.1, 0.15) is 61.1 Å². The van der Waals surface area contributed by atoms with Crippen LogP contribution in [0.15, 0.2) is 5.38 Å². The molecule has 1 aromatic heterocycles. The van der Waals surface area contributed by atoms with Crippen LogP contribution < -0.4 is 11.1 Å². The van der Waals surface area contributed by atoms with Crippen molar-refractivity contribution in [2.24, 2.45) is 17.6 Å². The smallest absolute Gasteiger partial charge is 0.270 e. The van der Waals surface area contributed by atoms with Crippen molar-refractivity contribution >= 4 is 17.2 Å². The average molecular weight is 281 g/mol. The third-order valence-corrected chi connectivity index (χ3v) is 4.79. The minimum Gasteiger partial charge on any atom is -0.350 e. The quantitative estimate of drug-likeness (QED) is 0.891. The lowest BCUT2D eigenvalue weighted by Crippen LogP contribution is -2.31. The zero-order valence-electron chi connectivity index (χ0n) is 11.7. The lowest BCUT2D eigenvalue weighted by atomic mass is 9.82. The normalized spacial score (nSPS) is 25.0. The van der Waals surface area contributed by atoms with E-state index in [-0.39, 0.29) is 11.9 Å². The molecular weight excluding hydrogens is 258 g/mol. The highest BCUT2D eigenvalue weighted by Crippen LogP contribution is 2.28. The van der Waals surface area contributed by atoms with Crippen molar-refractivity contribution < 1.29 is 4.79 Å². The SMILES string of the molecule is CC1CCCC(CNC(=O)c2csc(C(C)N)n2)C1. The average Bonchev–Trinajstić information content (AvgIpc) is 2.86. The van der Waals surface area contributed by atoms with Gasteiger partial charge in [0.1, 0.15) is 10.7 Å². The fourth-order valence-electron chi connectivity index (χ4n) is 2.67. The van der Waals surface area contributed by atoms with E-state index in [0.717, 1.165) is 17.5 Å². The molecule has 1 amide bonds. The lowest BCUT2D eigenvalue weighted by molar-refractivity contribution is 0.0936. The van der Waals surface area contributed by atoms with E-state index in [1.165, 1.54) is 37.0 Å². The molecule has 1 aliphatic carbocycles. The Morgan fingerprint density at radius 2 is 2.42 bits per heavy atom. The molecule has 1 aromatic rings. The van der Waals surface area contributed by atoms with Crippen molar-refractivity contribution in [3.8, 4) is 0 Å². The molecule has 19 heavy (non-hydrogen) atoms. The molecule has 1 saturated carbocycles. The predicted molar refractivity (Wildman–Crippen MR) is 78.2 cm³/mol. The molecule has 0 aliphatic heterocycles. The van der Waals surface area contributed by atoms with Crippen molar-refractivity contribution in [3.05, 3.63) is 16.1 Å². The largest absolute Gasteiger partial charge is 0.350 e. The van der Waals surface area contributed by atoms with Crippen molar-refractivity contribution in [1.29, 1.82) is 0 Å². The number of carbonyl (C=O) groups excluding carboxylic acids is 1. The summed E-state index contributed by atoms with van der Waals surface area (Å²) in [5.74, 6) is 1.35. The monoisotopic (exact) mass is 281 g/mol. The van der Waals surface area contributed by atoms with Gasteiger partial charge < -0.3 is 11.1 Å². The molecule has 0 spiro atoms. The number of amides is 1. The van der Waals surface area contributed by atoms with E-state index >= 15 is 0 Å². The molecule has 1 fully saturated rings. The highest BCUT2D eigenvalue weighted by Gasteiger charge is 2.20. The van der Waals surface area contributed by atoms with Crippen LogP contribution in [0.3, 0.4) is 0 Å². The van der Waals surface area contributed by atoms with Gasteiger partial charge in [-0.1, -0.05) is 19.8 Å². The Morgan fingerprint density at radius 3 is 3.05 bits per heavy atom. The predicted octanol–water partition coefficient (Wildman–Crippen LogP) is 2.72. The molecular formula is C14H23N3OS. The summed E-state index contributed by atoms with van der Waals surface area (Å²) in [5.41, 5.74) is 6.25. The summed E-state index contributed by atoms with van der Waals surface area (Å²) < 4.78 is 0. The van der Waals surface area contributed by atoms with E-state index in [0.29, 0.717) is 11.6 Å². The lowest BCUT2D eigenvalue weighted by Gasteiger charge is -2.26. The summed E-state index contributed by atoms with van der Waals surface area (Å²) in [7, 11) is 0. The highest BCUT2D eigenvalue weighted by molar-refractivity contribution is 7.09. The second-order valence-corrected chi connectivity index (χ2v) is 6.60. The molecule has 5 heteroatoms. The van der Waals surface area contributed by atoms with Crippen molar-refractivity contribution in [2.75, 3.05) is 6.54 Å². The summed E-state index contributed by atoms with van der Waals surface area (Å²) in [5, 5.41) is 5.61. The third kappa shape index (κ3) is 4.01. The van der Waals surface area contributed by atoms with E-state index in [9.17, 15) is 4.79 Å². The number of thiazole rings is 1. The number of aromatic nitrogens is 1. The molecule has 3 unspecified atom stereocenters. The zero-order chi connectivity index (χ0) is 13.8. The maximum Gasteiger partial charge on any atom is 0.270 e. The summed E-state index contributed by atoms with van der Waals surface area (Å²) in [6.45, 7) is 4.95. The van der Waals surface area contributed by atoms with Crippen LogP contribution in [0.5, 0.6) is 0 Å². The molecule has 0 saturated heterocycles. The Balaban J connectivity index is 1.83. The number of carbonyl (C=O) groups is 1. The van der Waals surface area contributed by atoms with Gasteiger partial charge in [-0.25, -0.2) is 4.98 Å². The molecule has 4 nitrogen and oxygen atoms in total. The van der Waals surface area contributed by atoms with Crippen LogP contribution in [0.4, 0.5) is 0 Å². The van der Waals surface area contributed by atoms with Gasteiger partial charge in [0.2, 0.25) is 0 Å². The minimum absolute atomic E-state index is 0.0682. The Bertz CT molecular complexity index is 430. The molecule has 3 atom stereocenters. The van der Waals surface area contributed by atoms with Crippen molar-refractivity contribution in [1.82, 2.24) is 10.3 Å². The van der Waals surface area contributed by atoms with Gasteiger partial charge in [-0.15, -0.1) is 11.3 Å². The summed E-state index contributed by atoms with van der Waals surface area (Å²) in [6.07, 6.45) is 5.07. The summed E-state index contributed by atoms with van der Waals surface area (Å²) in [4.78, 5) is 16.3. The topological polar surface area (TPSA) is 68.0 Å². The van der Waals surface area contributed by atoms with E-state index in [2.05, 4.69) is 17.2 Å². The Morgan fingerprint density at radius 1 is 1.63 bits per heavy atom. The number of hydrogen-bond acceptors (Lipinski definition) is 4. The fraction of sp³-hybridized carbons (Fsp3) is 0.714. The van der Waals surface area contributed by atoms with Gasteiger partial charge in [0.05, 0.1) is 6.04 Å². The molecule has 1 heterocycles. The zero-order valence-corrected chi connectivity index (χ0v) is 12.5.